The average molecular weight is 464 g/mol. The highest BCUT2D eigenvalue weighted by molar-refractivity contribution is 5.87. The van der Waals surface area contributed by atoms with Gasteiger partial charge in [0.05, 0.1) is 27.2 Å². The first kappa shape index (κ1) is 31.0. The molecule has 0 amide bonds. The van der Waals surface area contributed by atoms with Gasteiger partial charge in [0.1, 0.15) is 17.5 Å². The van der Waals surface area contributed by atoms with Crippen molar-refractivity contribution in [2.24, 2.45) is 0 Å². The molecule has 0 aromatic heterocycles. The largest absolute Gasteiger partial charge is 0.542 e. The second-order valence-corrected chi connectivity index (χ2v) is 10.1. The van der Waals surface area contributed by atoms with Gasteiger partial charge in [0, 0.05) is 0 Å². The van der Waals surface area contributed by atoms with Gasteiger partial charge in [0.25, 0.3) is 0 Å². The Labute approximate surface area is 202 Å². The minimum atomic E-state index is -1.63. The van der Waals surface area contributed by atoms with E-state index in [9.17, 15) is 9.90 Å². The van der Waals surface area contributed by atoms with E-state index in [1.54, 1.807) is 0 Å². The number of unbranched alkanes of at least 4 members (excludes halogenated alkanes) is 11. The molecule has 33 heavy (non-hydrogen) atoms. The normalized spacial score (nSPS) is 12.7. The second kappa shape index (κ2) is 18.4. The van der Waals surface area contributed by atoms with Gasteiger partial charge in [-0.05, 0) is 43.5 Å². The Morgan fingerprint density at radius 1 is 0.879 bits per heavy atom. The third-order valence-electron chi connectivity index (χ3n) is 6.20. The topological polar surface area (TPSA) is 80.6 Å². The number of benzene rings is 1. The number of carbonyl (C=O) groups is 1. The van der Waals surface area contributed by atoms with Crippen LogP contribution >= 0.6 is 0 Å². The molecule has 0 saturated heterocycles. The van der Waals surface area contributed by atoms with Crippen LogP contribution in [0.5, 0.6) is 5.75 Å². The lowest BCUT2D eigenvalue weighted by molar-refractivity contribution is -0.894. The SMILES string of the molecule is CCCCCCCCCCCCCCC(C)[N+](C)(C)C.O=C([O-])C(O)=Cc1ccc(O)cc1. The Hall–Kier alpha value is -2.01. The van der Waals surface area contributed by atoms with Gasteiger partial charge in [-0.15, -0.1) is 0 Å². The Morgan fingerprint density at radius 2 is 1.30 bits per heavy atom. The third-order valence-corrected chi connectivity index (χ3v) is 6.20. The van der Waals surface area contributed by atoms with Crippen molar-refractivity contribution in [1.82, 2.24) is 0 Å². The summed E-state index contributed by atoms with van der Waals surface area (Å²) in [7, 11) is 6.93. The van der Waals surface area contributed by atoms with Crippen molar-refractivity contribution in [2.45, 2.75) is 103 Å². The Kier molecular flexibility index (Phi) is 17.3. The fourth-order valence-electron chi connectivity index (χ4n) is 3.46. The predicted molar refractivity (Wildman–Crippen MR) is 137 cm³/mol. The van der Waals surface area contributed by atoms with Crippen molar-refractivity contribution >= 4 is 12.0 Å². The van der Waals surface area contributed by atoms with Gasteiger partial charge in [0.15, 0.2) is 0 Å². The van der Waals surface area contributed by atoms with Crippen LogP contribution in [-0.2, 0) is 4.79 Å². The maximum atomic E-state index is 10.1. The molecule has 0 spiro atoms. The second-order valence-electron chi connectivity index (χ2n) is 10.1. The number of hydrogen-bond donors (Lipinski definition) is 2. The first-order valence-electron chi connectivity index (χ1n) is 12.8. The van der Waals surface area contributed by atoms with E-state index in [0.717, 1.165) is 16.6 Å². The van der Waals surface area contributed by atoms with Gasteiger partial charge in [-0.1, -0.05) is 89.7 Å². The molecule has 5 nitrogen and oxygen atoms in total. The van der Waals surface area contributed by atoms with Crippen LogP contribution in [0.4, 0.5) is 0 Å². The fraction of sp³-hybridized carbons (Fsp3) is 0.679. The first-order valence-corrected chi connectivity index (χ1v) is 12.8. The fourth-order valence-corrected chi connectivity index (χ4v) is 3.46. The van der Waals surface area contributed by atoms with Crippen molar-refractivity contribution < 1.29 is 24.6 Å². The summed E-state index contributed by atoms with van der Waals surface area (Å²) < 4.78 is 1.11. The molecule has 1 atom stereocenters. The van der Waals surface area contributed by atoms with Crippen molar-refractivity contribution in [3.05, 3.63) is 35.6 Å². The smallest absolute Gasteiger partial charge is 0.138 e. The summed E-state index contributed by atoms with van der Waals surface area (Å²) >= 11 is 0. The van der Waals surface area contributed by atoms with Crippen molar-refractivity contribution in [3.63, 3.8) is 0 Å². The number of quaternary nitrogens is 1. The first-order chi connectivity index (χ1) is 15.6. The minimum absolute atomic E-state index is 0.0742. The molecule has 1 aromatic rings. The van der Waals surface area contributed by atoms with Gasteiger partial charge >= 0.3 is 0 Å². The highest BCUT2D eigenvalue weighted by atomic mass is 16.4. The zero-order valence-corrected chi connectivity index (χ0v) is 21.8. The van der Waals surface area contributed by atoms with E-state index >= 15 is 0 Å². The molecule has 0 heterocycles. The molecule has 0 radical (unpaired) electrons. The van der Waals surface area contributed by atoms with Crippen LogP contribution in [-0.4, -0.2) is 47.9 Å². The quantitative estimate of drug-likeness (QED) is 0.132. The standard InChI is InChI=1S/C19H42N.C9H8O4/c1-6-7-8-9-10-11-12-13-14-15-16-17-18-19(2)20(3,4)5;10-7-3-1-6(2-4-7)5-8(11)9(12)13/h19H,6-18H2,1-5H3;1-5,10-11H,(H,12,13)/q+1;/p-1. The molecule has 2 N–H and O–H groups in total. The zero-order chi connectivity index (χ0) is 25.1. The van der Waals surface area contributed by atoms with E-state index in [4.69, 9.17) is 10.2 Å². The Bertz CT molecular complexity index is 647. The van der Waals surface area contributed by atoms with Crippen LogP contribution in [0.25, 0.3) is 6.08 Å². The number of rotatable bonds is 16. The molecule has 0 aliphatic carbocycles. The third kappa shape index (κ3) is 18.1. The zero-order valence-electron chi connectivity index (χ0n) is 21.8. The number of aromatic hydroxyl groups is 1. The summed E-state index contributed by atoms with van der Waals surface area (Å²) in [5.41, 5.74) is 0.472. The van der Waals surface area contributed by atoms with Crippen LogP contribution in [0.15, 0.2) is 30.0 Å². The van der Waals surface area contributed by atoms with Gasteiger partial charge in [-0.3, -0.25) is 0 Å². The van der Waals surface area contributed by atoms with Crippen LogP contribution in [0, 0.1) is 0 Å². The number of nitrogens with zero attached hydrogens (tertiary/aromatic N) is 1. The van der Waals surface area contributed by atoms with E-state index in [1.807, 2.05) is 0 Å². The molecular formula is C28H49NO4. The number of aliphatic hydroxyl groups excluding tert-OH is 1. The van der Waals surface area contributed by atoms with E-state index in [2.05, 4.69) is 35.0 Å². The van der Waals surface area contributed by atoms with Crippen LogP contribution in [0.2, 0.25) is 0 Å². The summed E-state index contributed by atoms with van der Waals surface area (Å²) in [6.45, 7) is 4.68. The molecule has 1 rings (SSSR count). The molecule has 5 heteroatoms. The molecule has 0 saturated carbocycles. The number of carboxylic acid groups (broad SMARTS) is 1. The molecule has 0 bridgehead atoms. The molecule has 1 unspecified atom stereocenters. The van der Waals surface area contributed by atoms with E-state index in [0.29, 0.717) is 5.56 Å². The number of carboxylic acids is 1. The van der Waals surface area contributed by atoms with Crippen LogP contribution < -0.4 is 5.11 Å². The summed E-state index contributed by atoms with van der Waals surface area (Å²) in [6.07, 6.45) is 19.8. The van der Waals surface area contributed by atoms with Gasteiger partial charge < -0.3 is 24.6 Å². The van der Waals surface area contributed by atoms with Gasteiger partial charge in [-0.2, -0.15) is 0 Å². The molecule has 0 aliphatic heterocycles. The molecule has 0 aliphatic rings. The number of phenols is 1. The summed E-state index contributed by atoms with van der Waals surface area (Å²) in [5.74, 6) is -2.40. The van der Waals surface area contributed by atoms with Gasteiger partial charge in [-0.25, -0.2) is 0 Å². The summed E-state index contributed by atoms with van der Waals surface area (Å²) in [6, 6.07) is 6.50. The highest BCUT2D eigenvalue weighted by Crippen LogP contribution is 2.15. The lowest BCUT2D eigenvalue weighted by atomic mass is 10.0. The molecule has 1 aromatic carbocycles. The lowest BCUT2D eigenvalue weighted by Gasteiger charge is -2.31. The minimum Gasteiger partial charge on any atom is -0.542 e. The maximum absolute atomic E-state index is 10.1. The number of carbonyl (C=O) groups excluding carboxylic acids is 1. The predicted octanol–water partition coefficient (Wildman–Crippen LogP) is 6.21. The Balaban J connectivity index is 0.000000676. The van der Waals surface area contributed by atoms with E-state index < -0.39 is 11.7 Å². The number of hydrogen-bond acceptors (Lipinski definition) is 4. The summed E-state index contributed by atoms with van der Waals surface area (Å²) in [5, 5.41) is 27.8. The van der Waals surface area contributed by atoms with Crippen LogP contribution in [0.3, 0.4) is 0 Å². The Morgan fingerprint density at radius 3 is 1.70 bits per heavy atom. The molecule has 190 valence electrons. The summed E-state index contributed by atoms with van der Waals surface area (Å²) in [4.78, 5) is 10.1. The monoisotopic (exact) mass is 463 g/mol. The van der Waals surface area contributed by atoms with Crippen molar-refractivity contribution in [1.29, 1.82) is 0 Å². The van der Waals surface area contributed by atoms with E-state index in [1.165, 1.54) is 108 Å². The number of aliphatic carboxylic acids is 1. The molecule has 0 fully saturated rings. The van der Waals surface area contributed by atoms with E-state index in [-0.39, 0.29) is 5.75 Å². The lowest BCUT2D eigenvalue weighted by Crippen LogP contribution is -2.43. The van der Waals surface area contributed by atoms with Crippen molar-refractivity contribution in [2.75, 3.05) is 21.1 Å². The van der Waals surface area contributed by atoms with Crippen molar-refractivity contribution in [3.8, 4) is 5.75 Å². The maximum Gasteiger partial charge on any atom is 0.138 e. The molecular weight excluding hydrogens is 414 g/mol. The number of phenolic OH excluding ortho intramolecular Hbond substituents is 1. The number of aliphatic hydroxyl groups is 1. The van der Waals surface area contributed by atoms with Crippen LogP contribution in [0.1, 0.15) is 103 Å². The average Bonchev–Trinajstić information content (AvgIpc) is 2.75. The van der Waals surface area contributed by atoms with Gasteiger partial charge in [0.2, 0.25) is 0 Å². The highest BCUT2D eigenvalue weighted by Gasteiger charge is 2.16.